The number of fused-ring (bicyclic) bond motifs is 1. The maximum absolute atomic E-state index is 13.4. The first-order valence-electron chi connectivity index (χ1n) is 8.85. The number of hydrogen-bond donors (Lipinski definition) is 2. The van der Waals surface area contributed by atoms with E-state index in [1.807, 2.05) is 0 Å². The van der Waals surface area contributed by atoms with E-state index in [0.29, 0.717) is 17.4 Å². The molecule has 4 heterocycles. The minimum Gasteiger partial charge on any atom is -0.464 e. The lowest BCUT2D eigenvalue weighted by molar-refractivity contribution is -0.385. The Kier molecular flexibility index (Phi) is 5.12. The van der Waals surface area contributed by atoms with Crippen molar-refractivity contribution in [3.63, 3.8) is 0 Å². The van der Waals surface area contributed by atoms with Gasteiger partial charge in [0.1, 0.15) is 27.4 Å². The van der Waals surface area contributed by atoms with E-state index >= 15 is 0 Å². The van der Waals surface area contributed by atoms with Crippen LogP contribution in [0.2, 0.25) is 0 Å². The number of hydrogen-bond acceptors (Lipinski definition) is 8. The summed E-state index contributed by atoms with van der Waals surface area (Å²) in [5.41, 5.74) is 2.57. The topological polar surface area (TPSA) is 159 Å². The number of anilines is 1. The molecule has 15 heteroatoms. The molecule has 0 radical (unpaired) electrons. The summed E-state index contributed by atoms with van der Waals surface area (Å²) in [6.07, 6.45) is -2.59. The zero-order valence-corrected chi connectivity index (χ0v) is 17.2. The third kappa shape index (κ3) is 3.89. The van der Waals surface area contributed by atoms with Crippen molar-refractivity contribution in [1.29, 1.82) is 0 Å². The van der Waals surface area contributed by atoms with Crippen molar-refractivity contribution in [3.05, 3.63) is 57.0 Å². The van der Waals surface area contributed by atoms with Gasteiger partial charge in [-0.1, -0.05) is 0 Å². The zero-order chi connectivity index (χ0) is 24.1. The number of thiophene rings is 1. The van der Waals surface area contributed by atoms with E-state index in [9.17, 15) is 32.9 Å². The number of aromatic nitrogens is 3. The first-order chi connectivity index (χ1) is 15.5. The van der Waals surface area contributed by atoms with Gasteiger partial charge in [0.25, 0.3) is 11.8 Å². The SMILES string of the molecule is Cn1cc([N+](=O)[O-])c(C(=O)Nc2c(C(N)=O)sc3nc(C(F)(F)F)cc(-c4ccco4)c23)n1. The number of carbonyl (C=O) groups excluding carboxylic acids is 2. The van der Waals surface area contributed by atoms with Gasteiger partial charge in [-0.05, 0) is 18.2 Å². The van der Waals surface area contributed by atoms with E-state index < -0.39 is 40.0 Å². The van der Waals surface area contributed by atoms with Crippen molar-refractivity contribution in [2.75, 3.05) is 5.32 Å². The van der Waals surface area contributed by atoms with Crippen molar-refractivity contribution in [2.24, 2.45) is 12.8 Å². The van der Waals surface area contributed by atoms with Crippen LogP contribution in [0, 0.1) is 10.1 Å². The molecule has 4 aromatic rings. The normalized spacial score (nSPS) is 11.6. The van der Waals surface area contributed by atoms with E-state index in [1.165, 1.54) is 25.4 Å². The Hall–Kier alpha value is -4.27. The fourth-order valence-corrected chi connectivity index (χ4v) is 4.11. The molecule has 0 spiro atoms. The van der Waals surface area contributed by atoms with Gasteiger partial charge in [-0.15, -0.1) is 11.3 Å². The van der Waals surface area contributed by atoms with E-state index in [0.717, 1.165) is 10.9 Å². The Bertz CT molecular complexity index is 1420. The van der Waals surface area contributed by atoms with Gasteiger partial charge < -0.3 is 15.5 Å². The summed E-state index contributed by atoms with van der Waals surface area (Å²) in [4.78, 5) is 38.3. The quantitative estimate of drug-likeness (QED) is 0.326. The number of rotatable bonds is 5. The first kappa shape index (κ1) is 21.9. The van der Waals surface area contributed by atoms with Gasteiger partial charge >= 0.3 is 11.9 Å². The molecular formula is C18H11F3N6O5S. The predicted octanol–water partition coefficient (Wildman–Crippen LogP) is 3.57. The molecule has 4 aromatic heterocycles. The number of alkyl halides is 3. The van der Waals surface area contributed by atoms with Crippen LogP contribution >= 0.6 is 11.3 Å². The average molecular weight is 480 g/mol. The molecule has 0 aromatic carbocycles. The van der Waals surface area contributed by atoms with Crippen LogP contribution in [-0.4, -0.2) is 31.5 Å². The standard InChI is InChI=1S/C18H11F3N6O5S/c1-26-6-8(27(30)31)12(25-26)16(29)24-13-11-7(9-3-2-4-32-9)5-10(18(19,20)21)23-17(11)33-14(13)15(22)28/h2-6H,1H3,(H2,22,28)(H,24,29). The van der Waals surface area contributed by atoms with Crippen LogP contribution in [0.15, 0.2) is 35.1 Å². The Morgan fingerprint density at radius 1 is 1.36 bits per heavy atom. The van der Waals surface area contributed by atoms with Gasteiger partial charge in [0.05, 0.1) is 16.9 Å². The molecule has 11 nitrogen and oxygen atoms in total. The molecule has 0 aliphatic carbocycles. The second kappa shape index (κ2) is 7.70. The number of furan rings is 1. The highest BCUT2D eigenvalue weighted by molar-refractivity contribution is 7.21. The number of nitrogens with one attached hydrogen (secondary N) is 1. The predicted molar refractivity (Wildman–Crippen MR) is 109 cm³/mol. The van der Waals surface area contributed by atoms with E-state index in [4.69, 9.17) is 10.2 Å². The zero-order valence-electron chi connectivity index (χ0n) is 16.3. The smallest absolute Gasteiger partial charge is 0.433 e. The molecule has 0 saturated carbocycles. The van der Waals surface area contributed by atoms with Crippen LogP contribution in [0.25, 0.3) is 21.5 Å². The Morgan fingerprint density at radius 3 is 2.67 bits per heavy atom. The van der Waals surface area contributed by atoms with Crippen molar-refractivity contribution < 1.29 is 32.1 Å². The minimum atomic E-state index is -4.82. The molecule has 0 aliphatic heterocycles. The summed E-state index contributed by atoms with van der Waals surface area (Å²) in [5, 5.41) is 17.3. The highest BCUT2D eigenvalue weighted by Crippen LogP contribution is 2.44. The molecule has 0 aliphatic rings. The van der Waals surface area contributed by atoms with Crippen molar-refractivity contribution >= 4 is 44.7 Å². The fourth-order valence-electron chi connectivity index (χ4n) is 3.11. The number of aryl methyl sites for hydroxylation is 1. The number of halogens is 3. The second-order valence-corrected chi connectivity index (χ2v) is 7.63. The highest BCUT2D eigenvalue weighted by atomic mass is 32.1. The van der Waals surface area contributed by atoms with Gasteiger partial charge in [0.15, 0.2) is 0 Å². The number of carbonyl (C=O) groups is 2. The molecule has 33 heavy (non-hydrogen) atoms. The van der Waals surface area contributed by atoms with Crippen LogP contribution in [0.5, 0.6) is 0 Å². The van der Waals surface area contributed by atoms with Crippen LogP contribution in [0.3, 0.4) is 0 Å². The number of primary amides is 1. The summed E-state index contributed by atoms with van der Waals surface area (Å²) >= 11 is 0.525. The van der Waals surface area contributed by atoms with Gasteiger partial charge in [-0.3, -0.25) is 24.4 Å². The molecule has 0 fully saturated rings. The van der Waals surface area contributed by atoms with Crippen molar-refractivity contribution in [2.45, 2.75) is 6.18 Å². The lowest BCUT2D eigenvalue weighted by Gasteiger charge is -2.10. The number of nitrogens with zero attached hydrogens (tertiary/aromatic N) is 4. The third-order valence-electron chi connectivity index (χ3n) is 4.42. The van der Waals surface area contributed by atoms with Gasteiger partial charge in [-0.2, -0.15) is 18.3 Å². The molecule has 3 N–H and O–H groups in total. The molecule has 2 amide bonds. The summed E-state index contributed by atoms with van der Waals surface area (Å²) < 4.78 is 46.6. The monoisotopic (exact) mass is 480 g/mol. The minimum absolute atomic E-state index is 0.000959. The molecule has 4 rings (SSSR count). The maximum atomic E-state index is 13.4. The average Bonchev–Trinajstić information content (AvgIpc) is 3.45. The number of nitro groups is 1. The molecule has 0 saturated heterocycles. The Morgan fingerprint density at radius 2 is 2.09 bits per heavy atom. The molecule has 0 bridgehead atoms. The lowest BCUT2D eigenvalue weighted by atomic mass is 10.1. The first-order valence-corrected chi connectivity index (χ1v) is 9.66. The lowest BCUT2D eigenvalue weighted by Crippen LogP contribution is -2.18. The largest absolute Gasteiger partial charge is 0.464 e. The number of pyridine rings is 1. The van der Waals surface area contributed by atoms with Crippen LogP contribution in [0.1, 0.15) is 25.9 Å². The molecule has 0 unspecified atom stereocenters. The maximum Gasteiger partial charge on any atom is 0.433 e. The van der Waals surface area contributed by atoms with E-state index in [-0.39, 0.29) is 32.1 Å². The third-order valence-corrected chi connectivity index (χ3v) is 5.52. The van der Waals surface area contributed by atoms with Gasteiger partial charge in [0, 0.05) is 18.0 Å². The summed E-state index contributed by atoms with van der Waals surface area (Å²) in [7, 11) is 1.36. The fraction of sp³-hybridized carbons (Fsp3) is 0.111. The van der Waals surface area contributed by atoms with Crippen LogP contribution < -0.4 is 11.1 Å². The van der Waals surface area contributed by atoms with Crippen molar-refractivity contribution in [3.8, 4) is 11.3 Å². The summed E-state index contributed by atoms with van der Waals surface area (Å²) in [6, 6.07) is 3.52. The van der Waals surface area contributed by atoms with Gasteiger partial charge in [0.2, 0.25) is 5.69 Å². The van der Waals surface area contributed by atoms with E-state index in [2.05, 4.69) is 15.4 Å². The number of nitrogens with two attached hydrogens (primary N) is 1. The van der Waals surface area contributed by atoms with Crippen molar-refractivity contribution in [1.82, 2.24) is 14.8 Å². The highest BCUT2D eigenvalue weighted by Gasteiger charge is 2.36. The van der Waals surface area contributed by atoms with E-state index in [1.54, 1.807) is 0 Å². The Labute approximate surface area is 184 Å². The van der Waals surface area contributed by atoms with Gasteiger partial charge in [-0.25, -0.2) is 4.98 Å². The van der Waals surface area contributed by atoms with Crippen LogP contribution in [0.4, 0.5) is 24.5 Å². The Balaban J connectivity index is 1.96. The summed E-state index contributed by atoms with van der Waals surface area (Å²) in [6.45, 7) is 0. The second-order valence-electron chi connectivity index (χ2n) is 6.63. The molecular weight excluding hydrogens is 469 g/mol. The summed E-state index contributed by atoms with van der Waals surface area (Å²) in [5.74, 6) is -2.13. The number of amides is 2. The molecule has 170 valence electrons. The van der Waals surface area contributed by atoms with Crippen LogP contribution in [-0.2, 0) is 13.2 Å². The molecule has 0 atom stereocenters.